The summed E-state index contributed by atoms with van der Waals surface area (Å²) in [4.78, 5) is 13.6. The van der Waals surface area contributed by atoms with Crippen LogP contribution in [0.4, 0.5) is 4.39 Å². The molecule has 4 heteroatoms. The summed E-state index contributed by atoms with van der Waals surface area (Å²) in [5.41, 5.74) is 1.36. The molecular weight excluding hydrogens is 245 g/mol. The number of halogens is 1. The molecule has 2 aromatic carbocycles. The molecule has 0 aromatic heterocycles. The van der Waals surface area contributed by atoms with E-state index in [1.54, 1.807) is 36.2 Å². The van der Waals surface area contributed by atoms with Gasteiger partial charge in [-0.25, -0.2) is 4.39 Å². The van der Waals surface area contributed by atoms with Crippen molar-refractivity contribution in [2.24, 2.45) is 0 Å². The summed E-state index contributed by atoms with van der Waals surface area (Å²) in [6, 6.07) is 12.1. The van der Waals surface area contributed by atoms with Gasteiger partial charge in [-0.15, -0.1) is 0 Å². The molecule has 0 radical (unpaired) electrons. The van der Waals surface area contributed by atoms with Crippen molar-refractivity contribution in [2.45, 2.75) is 6.54 Å². The van der Waals surface area contributed by atoms with E-state index in [-0.39, 0.29) is 17.5 Å². The fourth-order valence-corrected chi connectivity index (χ4v) is 1.76. The van der Waals surface area contributed by atoms with Crippen molar-refractivity contribution >= 4 is 5.91 Å². The largest absolute Gasteiger partial charge is 0.508 e. The molecular formula is C15H14FNO2. The van der Waals surface area contributed by atoms with Gasteiger partial charge in [0.25, 0.3) is 5.91 Å². The van der Waals surface area contributed by atoms with Gasteiger partial charge in [-0.05, 0) is 42.0 Å². The summed E-state index contributed by atoms with van der Waals surface area (Å²) in [5, 5.41) is 9.19. The van der Waals surface area contributed by atoms with Gasteiger partial charge in [0.05, 0.1) is 0 Å². The van der Waals surface area contributed by atoms with Crippen LogP contribution in [-0.2, 0) is 6.54 Å². The molecule has 2 rings (SSSR count). The zero-order valence-electron chi connectivity index (χ0n) is 10.5. The number of nitrogens with zero attached hydrogens (tertiary/aromatic N) is 1. The summed E-state index contributed by atoms with van der Waals surface area (Å²) in [5.74, 6) is -0.345. The first-order chi connectivity index (χ1) is 9.06. The Morgan fingerprint density at radius 3 is 2.26 bits per heavy atom. The van der Waals surface area contributed by atoms with Gasteiger partial charge in [-0.1, -0.05) is 12.1 Å². The molecule has 0 unspecified atom stereocenters. The Morgan fingerprint density at radius 1 is 1.11 bits per heavy atom. The number of amides is 1. The van der Waals surface area contributed by atoms with Crippen LogP contribution in [0.5, 0.6) is 5.75 Å². The van der Waals surface area contributed by atoms with Crippen LogP contribution in [-0.4, -0.2) is 23.0 Å². The van der Waals surface area contributed by atoms with E-state index in [1.807, 2.05) is 0 Å². The van der Waals surface area contributed by atoms with Crippen LogP contribution in [0.15, 0.2) is 48.5 Å². The van der Waals surface area contributed by atoms with Gasteiger partial charge in [0.15, 0.2) is 0 Å². The van der Waals surface area contributed by atoms with Gasteiger partial charge in [0.2, 0.25) is 0 Å². The summed E-state index contributed by atoms with van der Waals surface area (Å²) in [7, 11) is 1.68. The van der Waals surface area contributed by atoms with Crippen molar-refractivity contribution in [3.05, 3.63) is 65.5 Å². The molecule has 0 saturated heterocycles. The van der Waals surface area contributed by atoms with E-state index in [1.165, 1.54) is 24.3 Å². The maximum atomic E-state index is 12.8. The highest BCUT2D eigenvalue weighted by atomic mass is 19.1. The van der Waals surface area contributed by atoms with Gasteiger partial charge >= 0.3 is 0 Å². The van der Waals surface area contributed by atoms with Crippen LogP contribution in [0.3, 0.4) is 0 Å². The molecule has 19 heavy (non-hydrogen) atoms. The lowest BCUT2D eigenvalue weighted by Crippen LogP contribution is -2.26. The van der Waals surface area contributed by atoms with E-state index in [2.05, 4.69) is 0 Å². The Balaban J connectivity index is 2.07. The highest BCUT2D eigenvalue weighted by molar-refractivity contribution is 5.93. The molecule has 0 spiro atoms. The molecule has 0 aliphatic carbocycles. The zero-order chi connectivity index (χ0) is 13.8. The average Bonchev–Trinajstić information content (AvgIpc) is 2.41. The molecule has 0 atom stereocenters. The maximum Gasteiger partial charge on any atom is 0.253 e. The lowest BCUT2D eigenvalue weighted by molar-refractivity contribution is 0.0785. The number of rotatable bonds is 3. The predicted molar refractivity (Wildman–Crippen MR) is 70.3 cm³/mol. The molecule has 0 aliphatic heterocycles. The predicted octanol–water partition coefficient (Wildman–Crippen LogP) is 2.80. The average molecular weight is 259 g/mol. The van der Waals surface area contributed by atoms with Crippen molar-refractivity contribution in [1.29, 1.82) is 0 Å². The van der Waals surface area contributed by atoms with Crippen LogP contribution in [0.1, 0.15) is 15.9 Å². The van der Waals surface area contributed by atoms with E-state index in [4.69, 9.17) is 0 Å². The summed E-state index contributed by atoms with van der Waals surface area (Å²) >= 11 is 0. The quantitative estimate of drug-likeness (QED) is 0.920. The van der Waals surface area contributed by atoms with Crippen molar-refractivity contribution in [3.8, 4) is 5.75 Å². The van der Waals surface area contributed by atoms with Crippen LogP contribution in [0.25, 0.3) is 0 Å². The molecule has 98 valence electrons. The normalized spacial score (nSPS) is 10.2. The topological polar surface area (TPSA) is 40.5 Å². The minimum Gasteiger partial charge on any atom is -0.508 e. The first-order valence-corrected chi connectivity index (χ1v) is 5.85. The van der Waals surface area contributed by atoms with Gasteiger partial charge < -0.3 is 10.0 Å². The zero-order valence-corrected chi connectivity index (χ0v) is 10.5. The van der Waals surface area contributed by atoms with Gasteiger partial charge in [0, 0.05) is 19.2 Å². The van der Waals surface area contributed by atoms with Gasteiger partial charge in [-0.2, -0.15) is 0 Å². The number of phenolic OH excluding ortho intramolecular Hbond substituents is 1. The highest BCUT2D eigenvalue weighted by Crippen LogP contribution is 2.13. The monoisotopic (exact) mass is 259 g/mol. The Hall–Kier alpha value is -2.36. The SMILES string of the molecule is CN(Cc1ccc(O)cc1)C(=O)c1ccc(F)cc1. The molecule has 0 fully saturated rings. The summed E-state index contributed by atoms with van der Waals surface area (Å²) in [6.45, 7) is 0.427. The molecule has 3 nitrogen and oxygen atoms in total. The Kier molecular flexibility index (Phi) is 3.80. The number of phenols is 1. The molecule has 1 amide bonds. The second-order valence-corrected chi connectivity index (χ2v) is 4.33. The molecule has 0 aliphatic rings. The third-order valence-electron chi connectivity index (χ3n) is 2.79. The smallest absolute Gasteiger partial charge is 0.253 e. The van der Waals surface area contributed by atoms with Crippen LogP contribution in [0.2, 0.25) is 0 Å². The Labute approximate surface area is 110 Å². The summed E-state index contributed by atoms with van der Waals surface area (Å²) in [6.07, 6.45) is 0. The second kappa shape index (κ2) is 5.52. The fraction of sp³-hybridized carbons (Fsp3) is 0.133. The lowest BCUT2D eigenvalue weighted by Gasteiger charge is -2.17. The van der Waals surface area contributed by atoms with Crippen LogP contribution < -0.4 is 0 Å². The van der Waals surface area contributed by atoms with Crippen LogP contribution >= 0.6 is 0 Å². The second-order valence-electron chi connectivity index (χ2n) is 4.33. The van der Waals surface area contributed by atoms with E-state index >= 15 is 0 Å². The number of carbonyl (C=O) groups excluding carboxylic acids is 1. The van der Waals surface area contributed by atoms with Crippen molar-refractivity contribution in [3.63, 3.8) is 0 Å². The number of hydrogen-bond acceptors (Lipinski definition) is 2. The number of hydrogen-bond donors (Lipinski definition) is 1. The van der Waals surface area contributed by atoms with E-state index in [9.17, 15) is 14.3 Å². The minimum atomic E-state index is -0.363. The van der Waals surface area contributed by atoms with Crippen molar-refractivity contribution in [2.75, 3.05) is 7.05 Å². The van der Waals surface area contributed by atoms with Crippen molar-refractivity contribution < 1.29 is 14.3 Å². The highest BCUT2D eigenvalue weighted by Gasteiger charge is 2.11. The molecule has 1 N–H and O–H groups in total. The van der Waals surface area contributed by atoms with E-state index in [0.717, 1.165) is 5.56 Å². The lowest BCUT2D eigenvalue weighted by atomic mass is 10.1. The van der Waals surface area contributed by atoms with Crippen molar-refractivity contribution in [1.82, 2.24) is 4.90 Å². The first kappa shape index (κ1) is 13.1. The summed E-state index contributed by atoms with van der Waals surface area (Å²) < 4.78 is 12.8. The van der Waals surface area contributed by atoms with E-state index < -0.39 is 0 Å². The fourth-order valence-electron chi connectivity index (χ4n) is 1.76. The molecule has 0 heterocycles. The van der Waals surface area contributed by atoms with Gasteiger partial charge in [0.1, 0.15) is 11.6 Å². The Morgan fingerprint density at radius 2 is 1.68 bits per heavy atom. The molecule has 0 bridgehead atoms. The Bertz CT molecular complexity index is 564. The standard InChI is InChI=1S/C15H14FNO2/c1-17(10-11-2-8-14(18)9-3-11)15(19)12-4-6-13(16)7-5-12/h2-9,18H,10H2,1H3. The first-order valence-electron chi connectivity index (χ1n) is 5.85. The molecule has 2 aromatic rings. The van der Waals surface area contributed by atoms with E-state index in [0.29, 0.717) is 12.1 Å². The maximum absolute atomic E-state index is 12.8. The molecule has 0 saturated carbocycles. The number of carbonyl (C=O) groups is 1. The minimum absolute atomic E-state index is 0.173. The third kappa shape index (κ3) is 3.31. The number of aromatic hydroxyl groups is 1. The number of benzene rings is 2. The van der Waals surface area contributed by atoms with Gasteiger partial charge in [-0.3, -0.25) is 4.79 Å². The third-order valence-corrected chi connectivity index (χ3v) is 2.79. The van der Waals surface area contributed by atoms with Crippen LogP contribution in [0, 0.1) is 5.82 Å².